The molecule has 2 aliphatic heterocycles. The molecule has 0 atom stereocenters. The van der Waals surface area contributed by atoms with Crippen molar-refractivity contribution >= 4 is 17.9 Å². The first kappa shape index (κ1) is 22.4. The largest absolute Gasteiger partial charge is 0.490 e. The summed E-state index contributed by atoms with van der Waals surface area (Å²) >= 11 is 5.94. The van der Waals surface area contributed by atoms with Crippen LogP contribution in [0.4, 0.5) is 0 Å². The quantitative estimate of drug-likeness (QED) is 0.548. The zero-order valence-corrected chi connectivity index (χ0v) is 18.4. The van der Waals surface area contributed by atoms with Gasteiger partial charge in [-0.15, -0.1) is 0 Å². The summed E-state index contributed by atoms with van der Waals surface area (Å²) in [4.78, 5) is 16.1. The fourth-order valence-electron chi connectivity index (χ4n) is 3.70. The van der Waals surface area contributed by atoms with Gasteiger partial charge in [0.2, 0.25) is 0 Å². The van der Waals surface area contributed by atoms with Gasteiger partial charge in [0, 0.05) is 42.6 Å². The number of likely N-dealkylation sites (tertiary alicyclic amines) is 1. The predicted octanol–water partition coefficient (Wildman–Crippen LogP) is 5.38. The summed E-state index contributed by atoms with van der Waals surface area (Å²) in [6.45, 7) is 6.03. The second kappa shape index (κ2) is 11.8. The summed E-state index contributed by atoms with van der Waals surface area (Å²) in [5, 5.41) is 0.732. The Hall–Kier alpha value is -2.30. The second-order valence-electron chi connectivity index (χ2n) is 7.80. The summed E-state index contributed by atoms with van der Waals surface area (Å²) in [6, 6.07) is 7.60. The number of carbonyl (C=O) groups is 1. The minimum Gasteiger partial charge on any atom is -0.490 e. The molecule has 0 aromatic heterocycles. The molecule has 3 rings (SSSR count). The Labute approximate surface area is 185 Å². The van der Waals surface area contributed by atoms with E-state index in [9.17, 15) is 4.79 Å². The third kappa shape index (κ3) is 7.19. The minimum absolute atomic E-state index is 0.270. The Morgan fingerprint density at radius 1 is 1.13 bits per heavy atom. The summed E-state index contributed by atoms with van der Waals surface area (Å²) < 4.78 is 6.09. The van der Waals surface area contributed by atoms with Gasteiger partial charge in [0.25, 0.3) is 0 Å². The predicted molar refractivity (Wildman–Crippen MR) is 124 cm³/mol. The van der Waals surface area contributed by atoms with Crippen LogP contribution in [-0.2, 0) is 4.79 Å². The minimum atomic E-state index is 0.270. The van der Waals surface area contributed by atoms with Crippen molar-refractivity contribution in [1.29, 1.82) is 0 Å². The Bertz CT molecular complexity index is 803. The number of rotatable bonds is 7. The van der Waals surface area contributed by atoms with Crippen LogP contribution >= 0.6 is 11.6 Å². The van der Waals surface area contributed by atoms with Gasteiger partial charge in [-0.2, -0.15) is 0 Å². The molecule has 0 unspecified atom stereocenters. The molecule has 2 heterocycles. The van der Waals surface area contributed by atoms with Crippen LogP contribution in [0, 0.1) is 0 Å². The Kier molecular flexibility index (Phi) is 8.79. The molecule has 160 valence electrons. The van der Waals surface area contributed by atoms with Gasteiger partial charge in [-0.05, 0) is 75.1 Å². The molecule has 2 aliphatic rings. The molecule has 0 radical (unpaired) electrons. The molecular weight excluding hydrogens is 396 g/mol. The number of halogens is 1. The van der Waals surface area contributed by atoms with Crippen LogP contribution in [0.15, 0.2) is 72.1 Å². The van der Waals surface area contributed by atoms with Crippen LogP contribution < -0.4 is 4.74 Å². The van der Waals surface area contributed by atoms with E-state index in [4.69, 9.17) is 16.3 Å². The highest BCUT2D eigenvalue weighted by Crippen LogP contribution is 2.21. The van der Waals surface area contributed by atoms with E-state index in [1.54, 1.807) is 0 Å². The lowest BCUT2D eigenvalue weighted by atomic mass is 10.1. The maximum atomic E-state index is 11.5. The summed E-state index contributed by atoms with van der Waals surface area (Å²) in [7, 11) is 0. The molecule has 0 N–H and O–H groups in total. The van der Waals surface area contributed by atoms with E-state index in [1.807, 2.05) is 49.7 Å². The molecule has 1 saturated heterocycles. The summed E-state index contributed by atoms with van der Waals surface area (Å²) in [6.07, 6.45) is 17.5. The van der Waals surface area contributed by atoms with Crippen LogP contribution in [0.25, 0.3) is 0 Å². The average molecular weight is 427 g/mol. The molecule has 4 nitrogen and oxygen atoms in total. The van der Waals surface area contributed by atoms with Gasteiger partial charge in [0.1, 0.15) is 11.9 Å². The molecule has 0 saturated carbocycles. The highest BCUT2D eigenvalue weighted by atomic mass is 35.5. The van der Waals surface area contributed by atoms with Gasteiger partial charge in [0.05, 0.1) is 0 Å². The highest BCUT2D eigenvalue weighted by molar-refractivity contribution is 6.30. The van der Waals surface area contributed by atoms with Crippen molar-refractivity contribution in [2.45, 2.75) is 38.7 Å². The van der Waals surface area contributed by atoms with Crippen LogP contribution in [0.3, 0.4) is 0 Å². The van der Waals surface area contributed by atoms with E-state index in [0.29, 0.717) is 0 Å². The van der Waals surface area contributed by atoms with E-state index in [2.05, 4.69) is 28.0 Å². The SMILES string of the molecule is CC1=C\CC=C/C=C/N(CCCN2CCC(Oc3ccc(Cl)cc3)CC2)/C=C\1C=O. The van der Waals surface area contributed by atoms with Gasteiger partial charge in [-0.1, -0.05) is 29.8 Å². The molecule has 0 bridgehead atoms. The molecular formula is C25H31ClN2O2. The lowest BCUT2D eigenvalue weighted by Gasteiger charge is -2.32. The Morgan fingerprint density at radius 3 is 2.63 bits per heavy atom. The molecule has 5 heteroatoms. The number of benzene rings is 1. The summed E-state index contributed by atoms with van der Waals surface area (Å²) in [5.41, 5.74) is 1.77. The number of hydrogen-bond donors (Lipinski definition) is 0. The maximum absolute atomic E-state index is 11.5. The number of nitrogens with zero attached hydrogens (tertiary/aromatic N) is 2. The molecule has 0 spiro atoms. The van der Waals surface area contributed by atoms with E-state index >= 15 is 0 Å². The normalized spacial score (nSPS) is 23.2. The third-order valence-electron chi connectivity index (χ3n) is 5.51. The molecule has 1 aromatic rings. The van der Waals surface area contributed by atoms with E-state index in [0.717, 1.165) is 80.1 Å². The van der Waals surface area contributed by atoms with E-state index in [1.165, 1.54) is 0 Å². The smallest absolute Gasteiger partial charge is 0.151 e. The first-order chi connectivity index (χ1) is 14.6. The zero-order chi connectivity index (χ0) is 21.2. The van der Waals surface area contributed by atoms with Crippen LogP contribution in [-0.4, -0.2) is 48.4 Å². The maximum Gasteiger partial charge on any atom is 0.151 e. The molecule has 1 fully saturated rings. The first-order valence-corrected chi connectivity index (χ1v) is 11.1. The number of hydrogen-bond acceptors (Lipinski definition) is 4. The van der Waals surface area contributed by atoms with Crippen molar-refractivity contribution < 1.29 is 9.53 Å². The van der Waals surface area contributed by atoms with Gasteiger partial charge in [-0.25, -0.2) is 0 Å². The van der Waals surface area contributed by atoms with Gasteiger partial charge < -0.3 is 14.5 Å². The second-order valence-corrected chi connectivity index (χ2v) is 8.24. The molecule has 0 aliphatic carbocycles. The fraction of sp³-hybridized carbons (Fsp3) is 0.400. The number of allylic oxidation sites excluding steroid dienone is 6. The Balaban J connectivity index is 1.44. The summed E-state index contributed by atoms with van der Waals surface area (Å²) in [5.74, 6) is 0.893. The average Bonchev–Trinajstić information content (AvgIpc) is 2.76. The molecule has 1 aromatic carbocycles. The lowest BCUT2D eigenvalue weighted by Crippen LogP contribution is -2.39. The van der Waals surface area contributed by atoms with Crippen molar-refractivity contribution in [3.63, 3.8) is 0 Å². The van der Waals surface area contributed by atoms with Crippen LogP contribution in [0.5, 0.6) is 5.75 Å². The zero-order valence-electron chi connectivity index (χ0n) is 17.7. The monoisotopic (exact) mass is 426 g/mol. The van der Waals surface area contributed by atoms with Crippen molar-refractivity contribution in [1.82, 2.24) is 9.80 Å². The standard InChI is InChI=1S/C25H31ClN2O2/c1-21-7-4-2-3-5-14-28(19-22(21)20-29)16-6-15-27-17-12-25(13-18-27)30-24-10-8-23(26)9-11-24/h2-3,5,7-11,14,19-20,25H,4,6,12-13,15-18H2,1H3/b3-2?,14-5+,21-7+,22-19-. The number of aldehydes is 1. The number of ether oxygens (including phenoxy) is 1. The first-order valence-electron chi connectivity index (χ1n) is 10.7. The Morgan fingerprint density at radius 2 is 1.90 bits per heavy atom. The third-order valence-corrected chi connectivity index (χ3v) is 5.77. The van der Waals surface area contributed by atoms with Crippen molar-refractivity contribution in [3.8, 4) is 5.75 Å². The van der Waals surface area contributed by atoms with Gasteiger partial charge in [0.15, 0.2) is 6.29 Å². The van der Waals surface area contributed by atoms with Crippen molar-refractivity contribution in [2.75, 3.05) is 26.2 Å². The highest BCUT2D eigenvalue weighted by Gasteiger charge is 2.20. The molecule has 30 heavy (non-hydrogen) atoms. The van der Waals surface area contributed by atoms with Crippen molar-refractivity contribution in [2.24, 2.45) is 0 Å². The van der Waals surface area contributed by atoms with Gasteiger partial charge >= 0.3 is 0 Å². The van der Waals surface area contributed by atoms with Crippen molar-refractivity contribution in [3.05, 3.63) is 77.1 Å². The number of piperidine rings is 1. The lowest BCUT2D eigenvalue weighted by molar-refractivity contribution is -0.104. The fourth-order valence-corrected chi connectivity index (χ4v) is 3.83. The van der Waals surface area contributed by atoms with E-state index < -0.39 is 0 Å². The molecule has 0 amide bonds. The van der Waals surface area contributed by atoms with E-state index in [-0.39, 0.29) is 6.10 Å². The number of carbonyl (C=O) groups excluding carboxylic acids is 1. The van der Waals surface area contributed by atoms with Crippen LogP contribution in [0.2, 0.25) is 5.02 Å². The van der Waals surface area contributed by atoms with Gasteiger partial charge in [-0.3, -0.25) is 4.79 Å². The van der Waals surface area contributed by atoms with Crippen LogP contribution in [0.1, 0.15) is 32.6 Å². The topological polar surface area (TPSA) is 32.8 Å².